The number of aliphatic hydroxyl groups is 1. The molecule has 6 nitrogen and oxygen atoms in total. The molecule has 0 aliphatic heterocycles. The summed E-state index contributed by atoms with van der Waals surface area (Å²) in [6.45, 7) is 11.6. The van der Waals surface area contributed by atoms with E-state index in [0.717, 1.165) is 13.1 Å². The number of nitro benzene ring substituents is 1. The van der Waals surface area contributed by atoms with E-state index >= 15 is 0 Å². The smallest absolute Gasteiger partial charge is 0.269 e. The summed E-state index contributed by atoms with van der Waals surface area (Å²) in [6, 6.07) is 5.91. The Morgan fingerprint density at radius 1 is 1.09 bits per heavy atom. The van der Waals surface area contributed by atoms with Crippen molar-refractivity contribution in [3.05, 3.63) is 34.4 Å². The summed E-state index contributed by atoms with van der Waals surface area (Å²) in [6.07, 6.45) is -0.558. The zero-order valence-electron chi connectivity index (χ0n) is 14.5. The highest BCUT2D eigenvalue weighted by Crippen LogP contribution is 2.17. The van der Waals surface area contributed by atoms with Crippen LogP contribution < -0.4 is 9.64 Å². The number of aliphatic hydroxyl groups excluding tert-OH is 1. The van der Waals surface area contributed by atoms with Gasteiger partial charge in [0.2, 0.25) is 0 Å². The molecule has 0 aliphatic rings. The summed E-state index contributed by atoms with van der Waals surface area (Å²) in [5, 5.41) is 20.8. The van der Waals surface area contributed by atoms with Crippen LogP contribution in [0.4, 0.5) is 5.69 Å². The number of nitrogens with zero attached hydrogens (tertiary/aromatic N) is 1. The molecule has 0 radical (unpaired) electrons. The fraction of sp³-hybridized carbons (Fsp3) is 0.647. The van der Waals surface area contributed by atoms with Gasteiger partial charge in [-0.1, -0.05) is 27.7 Å². The summed E-state index contributed by atoms with van der Waals surface area (Å²) < 4.78 is 5.53. The summed E-state index contributed by atoms with van der Waals surface area (Å²) in [4.78, 5) is 11.5. The molecule has 6 heteroatoms. The first-order valence-corrected chi connectivity index (χ1v) is 8.16. The van der Waals surface area contributed by atoms with Gasteiger partial charge in [0.15, 0.2) is 0 Å². The number of non-ortho nitro benzene ring substituents is 1. The van der Waals surface area contributed by atoms with Crippen molar-refractivity contribution in [3.63, 3.8) is 0 Å². The van der Waals surface area contributed by atoms with Crippen molar-refractivity contribution < 1.29 is 19.7 Å². The molecule has 23 heavy (non-hydrogen) atoms. The van der Waals surface area contributed by atoms with Gasteiger partial charge in [-0.2, -0.15) is 0 Å². The van der Waals surface area contributed by atoms with E-state index < -0.39 is 11.0 Å². The molecule has 0 aliphatic carbocycles. The molecule has 1 atom stereocenters. The average Bonchev–Trinajstić information content (AvgIpc) is 2.44. The highest BCUT2D eigenvalue weighted by atomic mass is 16.6. The predicted molar refractivity (Wildman–Crippen MR) is 89.8 cm³/mol. The third-order valence-electron chi connectivity index (χ3n) is 3.41. The number of benzene rings is 1. The monoisotopic (exact) mass is 325 g/mol. The van der Waals surface area contributed by atoms with E-state index in [1.165, 1.54) is 17.0 Å². The maximum absolute atomic E-state index is 10.6. The molecular weight excluding hydrogens is 296 g/mol. The van der Waals surface area contributed by atoms with Crippen LogP contribution in [-0.4, -0.2) is 42.4 Å². The zero-order chi connectivity index (χ0) is 17.4. The minimum Gasteiger partial charge on any atom is -0.491 e. The second-order valence-electron chi connectivity index (χ2n) is 6.87. The van der Waals surface area contributed by atoms with Crippen molar-refractivity contribution in [2.24, 2.45) is 11.8 Å². The van der Waals surface area contributed by atoms with Crippen LogP contribution in [-0.2, 0) is 0 Å². The summed E-state index contributed by atoms with van der Waals surface area (Å²) >= 11 is 0. The van der Waals surface area contributed by atoms with E-state index in [4.69, 9.17) is 4.74 Å². The summed E-state index contributed by atoms with van der Waals surface area (Å²) in [5.74, 6) is 1.68. The van der Waals surface area contributed by atoms with Gasteiger partial charge in [-0.3, -0.25) is 10.1 Å². The Balaban J connectivity index is 2.47. The normalized spacial score (nSPS) is 12.9. The summed E-state index contributed by atoms with van der Waals surface area (Å²) in [7, 11) is 0. The lowest BCUT2D eigenvalue weighted by molar-refractivity contribution is -0.909. The van der Waals surface area contributed by atoms with Crippen molar-refractivity contribution in [1.29, 1.82) is 0 Å². The number of nitro groups is 1. The van der Waals surface area contributed by atoms with Crippen LogP contribution in [0.3, 0.4) is 0 Å². The van der Waals surface area contributed by atoms with Crippen LogP contribution in [0.15, 0.2) is 24.3 Å². The molecule has 0 aromatic heterocycles. The van der Waals surface area contributed by atoms with Crippen LogP contribution in [0.1, 0.15) is 27.7 Å². The number of hydrogen-bond acceptors (Lipinski definition) is 4. The van der Waals surface area contributed by atoms with E-state index in [2.05, 4.69) is 27.7 Å². The molecule has 1 rings (SSSR count). The van der Waals surface area contributed by atoms with E-state index in [-0.39, 0.29) is 12.3 Å². The van der Waals surface area contributed by atoms with Gasteiger partial charge in [-0.15, -0.1) is 0 Å². The third-order valence-corrected chi connectivity index (χ3v) is 3.41. The van der Waals surface area contributed by atoms with E-state index in [0.29, 0.717) is 24.1 Å². The Hall–Kier alpha value is -1.66. The SMILES string of the molecule is CC(C)C[NH+](CC(C)C)C[C@H](O)COc1ccc([N+](=O)[O-])cc1. The lowest BCUT2D eigenvalue weighted by atomic mass is 10.1. The highest BCUT2D eigenvalue weighted by Gasteiger charge is 2.18. The number of rotatable bonds is 10. The molecule has 0 saturated heterocycles. The number of hydrogen-bond donors (Lipinski definition) is 2. The number of quaternary nitrogens is 1. The average molecular weight is 325 g/mol. The largest absolute Gasteiger partial charge is 0.491 e. The van der Waals surface area contributed by atoms with Gasteiger partial charge in [0, 0.05) is 24.0 Å². The maximum Gasteiger partial charge on any atom is 0.269 e. The van der Waals surface area contributed by atoms with Gasteiger partial charge >= 0.3 is 0 Å². The summed E-state index contributed by atoms with van der Waals surface area (Å²) in [5.41, 5.74) is 0.0300. The maximum atomic E-state index is 10.6. The third kappa shape index (κ3) is 7.95. The van der Waals surface area contributed by atoms with Crippen LogP contribution in [0.2, 0.25) is 0 Å². The lowest BCUT2D eigenvalue weighted by Gasteiger charge is -2.25. The van der Waals surface area contributed by atoms with Crippen molar-refractivity contribution in [2.75, 3.05) is 26.2 Å². The minimum atomic E-state index is -0.558. The van der Waals surface area contributed by atoms with Gasteiger partial charge in [0.25, 0.3) is 5.69 Å². The van der Waals surface area contributed by atoms with Crippen LogP contribution in [0.25, 0.3) is 0 Å². The van der Waals surface area contributed by atoms with E-state index in [9.17, 15) is 15.2 Å². The fourth-order valence-electron chi connectivity index (χ4n) is 2.65. The molecule has 1 aromatic rings. The molecule has 0 saturated carbocycles. The topological polar surface area (TPSA) is 77.0 Å². The Labute approximate surface area is 138 Å². The quantitative estimate of drug-likeness (QED) is 0.505. The van der Waals surface area contributed by atoms with Crippen molar-refractivity contribution in [2.45, 2.75) is 33.8 Å². The van der Waals surface area contributed by atoms with Crippen molar-refractivity contribution >= 4 is 5.69 Å². The first kappa shape index (κ1) is 19.4. The first-order valence-electron chi connectivity index (χ1n) is 8.16. The standard InChI is InChI=1S/C17H28N2O4/c1-13(2)9-18(10-14(3)4)11-16(20)12-23-17-7-5-15(6-8-17)19(21)22/h5-8,13-14,16,20H,9-12H2,1-4H3/p+1/t16-/m0/s1. The second kappa shape index (κ2) is 9.47. The van der Waals surface area contributed by atoms with Crippen LogP contribution in [0.5, 0.6) is 5.75 Å². The molecule has 0 fully saturated rings. The van der Waals surface area contributed by atoms with Gasteiger partial charge in [-0.05, 0) is 12.1 Å². The van der Waals surface area contributed by atoms with Gasteiger partial charge in [0.05, 0.1) is 18.0 Å². The lowest BCUT2D eigenvalue weighted by Crippen LogP contribution is -3.14. The zero-order valence-corrected chi connectivity index (χ0v) is 14.5. The first-order chi connectivity index (χ1) is 10.8. The number of nitrogens with one attached hydrogen (secondary N) is 1. The number of ether oxygens (including phenoxy) is 1. The predicted octanol–water partition coefficient (Wildman–Crippen LogP) is 1.53. The van der Waals surface area contributed by atoms with Gasteiger partial charge in [-0.25, -0.2) is 0 Å². The Morgan fingerprint density at radius 3 is 2.04 bits per heavy atom. The van der Waals surface area contributed by atoms with Gasteiger partial charge in [0.1, 0.15) is 25.0 Å². The second-order valence-corrected chi connectivity index (χ2v) is 6.87. The molecule has 0 spiro atoms. The molecule has 0 heterocycles. The fourth-order valence-corrected chi connectivity index (χ4v) is 2.65. The van der Waals surface area contributed by atoms with Crippen molar-refractivity contribution in [3.8, 4) is 5.75 Å². The Kier molecular flexibility index (Phi) is 7.98. The molecule has 2 N–H and O–H groups in total. The van der Waals surface area contributed by atoms with Crippen LogP contribution in [0, 0.1) is 22.0 Å². The molecule has 0 bridgehead atoms. The highest BCUT2D eigenvalue weighted by molar-refractivity contribution is 5.35. The molecule has 0 unspecified atom stereocenters. The van der Waals surface area contributed by atoms with E-state index in [1.54, 1.807) is 12.1 Å². The van der Waals surface area contributed by atoms with Crippen LogP contribution >= 0.6 is 0 Å². The molecule has 1 aromatic carbocycles. The molecule has 0 amide bonds. The van der Waals surface area contributed by atoms with E-state index in [1.807, 2.05) is 0 Å². The van der Waals surface area contributed by atoms with Gasteiger partial charge < -0.3 is 14.7 Å². The molecular formula is C17H29N2O4+. The minimum absolute atomic E-state index is 0.0300. The molecule has 130 valence electrons. The Morgan fingerprint density at radius 2 is 1.61 bits per heavy atom. The van der Waals surface area contributed by atoms with Crippen molar-refractivity contribution in [1.82, 2.24) is 0 Å². The Bertz CT molecular complexity index is 464.